The summed E-state index contributed by atoms with van der Waals surface area (Å²) in [7, 11) is 0. The van der Waals surface area contributed by atoms with Crippen LogP contribution in [-0.2, 0) is 10.5 Å². The standard InChI is InChI=1S/C23H23NO4S2/c1-3-7-21(26)28-23-16(2)24-22(30-23)20(25)14-27-18-10-12-19(13-11-18)29-15-17-8-5-4-6-9-17/h4-6,8-13H,3,7,14-15H2,1-2H3. The third-order valence-electron chi connectivity index (χ3n) is 4.10. The first-order chi connectivity index (χ1) is 14.5. The predicted molar refractivity (Wildman–Crippen MR) is 120 cm³/mol. The van der Waals surface area contributed by atoms with Gasteiger partial charge in [0.05, 0.1) is 5.69 Å². The molecule has 0 N–H and O–H groups in total. The molecule has 0 fully saturated rings. The van der Waals surface area contributed by atoms with Gasteiger partial charge in [-0.2, -0.15) is 0 Å². The van der Waals surface area contributed by atoms with E-state index < -0.39 is 0 Å². The summed E-state index contributed by atoms with van der Waals surface area (Å²) in [6, 6.07) is 17.9. The Labute approximate surface area is 184 Å². The topological polar surface area (TPSA) is 65.5 Å². The number of ether oxygens (including phenoxy) is 2. The van der Waals surface area contributed by atoms with Gasteiger partial charge in [0.15, 0.2) is 11.6 Å². The molecule has 1 heterocycles. The molecule has 30 heavy (non-hydrogen) atoms. The highest BCUT2D eigenvalue weighted by molar-refractivity contribution is 7.98. The summed E-state index contributed by atoms with van der Waals surface area (Å²) in [4.78, 5) is 29.4. The first-order valence-electron chi connectivity index (χ1n) is 9.66. The van der Waals surface area contributed by atoms with Crippen LogP contribution >= 0.6 is 23.1 Å². The quantitative estimate of drug-likeness (QED) is 0.228. The van der Waals surface area contributed by atoms with E-state index >= 15 is 0 Å². The number of benzene rings is 2. The zero-order chi connectivity index (χ0) is 21.3. The van der Waals surface area contributed by atoms with Gasteiger partial charge >= 0.3 is 5.97 Å². The van der Waals surface area contributed by atoms with Crippen LogP contribution in [0.4, 0.5) is 0 Å². The van der Waals surface area contributed by atoms with Crippen molar-refractivity contribution in [2.24, 2.45) is 0 Å². The number of esters is 1. The Morgan fingerprint density at radius 3 is 2.50 bits per heavy atom. The van der Waals surface area contributed by atoms with E-state index in [9.17, 15) is 9.59 Å². The number of ketones is 1. The molecule has 0 saturated carbocycles. The number of thiazole rings is 1. The van der Waals surface area contributed by atoms with E-state index in [4.69, 9.17) is 9.47 Å². The van der Waals surface area contributed by atoms with Gasteiger partial charge in [0, 0.05) is 17.1 Å². The SMILES string of the molecule is CCCC(=O)Oc1sc(C(=O)COc2ccc(SCc3ccccc3)cc2)nc1C. The molecular weight excluding hydrogens is 418 g/mol. The number of hydrogen-bond acceptors (Lipinski definition) is 7. The highest BCUT2D eigenvalue weighted by Gasteiger charge is 2.18. The molecule has 0 atom stereocenters. The minimum Gasteiger partial charge on any atom is -0.485 e. The van der Waals surface area contributed by atoms with E-state index in [1.54, 1.807) is 18.7 Å². The van der Waals surface area contributed by atoms with Crippen molar-refractivity contribution < 1.29 is 19.1 Å². The molecule has 0 aliphatic carbocycles. The zero-order valence-electron chi connectivity index (χ0n) is 16.9. The van der Waals surface area contributed by atoms with Crippen LogP contribution in [0.1, 0.15) is 40.8 Å². The number of carbonyl (C=O) groups excluding carboxylic acids is 2. The lowest BCUT2D eigenvalue weighted by Crippen LogP contribution is -2.11. The largest absolute Gasteiger partial charge is 0.485 e. The van der Waals surface area contributed by atoms with Gasteiger partial charge in [0.2, 0.25) is 10.8 Å². The summed E-state index contributed by atoms with van der Waals surface area (Å²) < 4.78 is 10.9. The summed E-state index contributed by atoms with van der Waals surface area (Å²) in [5.41, 5.74) is 1.81. The van der Waals surface area contributed by atoms with Crippen molar-refractivity contribution >= 4 is 34.9 Å². The lowest BCUT2D eigenvalue weighted by atomic mass is 10.2. The lowest BCUT2D eigenvalue weighted by Gasteiger charge is -2.06. The predicted octanol–water partition coefficient (Wildman–Crippen LogP) is 5.71. The molecular formula is C23H23NO4S2. The first-order valence-corrected chi connectivity index (χ1v) is 11.5. The second-order valence-corrected chi connectivity index (χ2v) is 8.58. The van der Waals surface area contributed by atoms with Gasteiger partial charge in [0.25, 0.3) is 0 Å². The normalized spacial score (nSPS) is 10.6. The molecule has 1 aromatic heterocycles. The molecule has 0 unspecified atom stereocenters. The molecule has 3 aromatic rings. The molecule has 7 heteroatoms. The summed E-state index contributed by atoms with van der Waals surface area (Å²) >= 11 is 2.82. The van der Waals surface area contributed by atoms with Crippen LogP contribution in [0, 0.1) is 6.92 Å². The average molecular weight is 442 g/mol. The van der Waals surface area contributed by atoms with Gasteiger partial charge in [-0.15, -0.1) is 11.8 Å². The van der Waals surface area contributed by atoms with Gasteiger partial charge < -0.3 is 9.47 Å². The molecule has 5 nitrogen and oxygen atoms in total. The number of carbonyl (C=O) groups is 2. The number of nitrogens with zero attached hydrogens (tertiary/aromatic N) is 1. The van der Waals surface area contributed by atoms with Crippen LogP contribution in [-0.4, -0.2) is 23.3 Å². The molecule has 0 amide bonds. The third kappa shape index (κ3) is 6.43. The van der Waals surface area contributed by atoms with E-state index in [2.05, 4.69) is 17.1 Å². The summed E-state index contributed by atoms with van der Waals surface area (Å²) in [6.45, 7) is 3.50. The number of Topliss-reactive ketones (excluding diaryl/α,β-unsaturated/α-hetero) is 1. The van der Waals surface area contributed by atoms with E-state index in [0.29, 0.717) is 29.3 Å². The molecule has 0 saturated heterocycles. The monoisotopic (exact) mass is 441 g/mol. The van der Waals surface area contributed by atoms with Gasteiger partial charge in [-0.3, -0.25) is 9.59 Å². The van der Waals surface area contributed by atoms with Crippen molar-refractivity contribution in [3.63, 3.8) is 0 Å². The van der Waals surface area contributed by atoms with Crippen molar-refractivity contribution in [1.82, 2.24) is 4.98 Å². The van der Waals surface area contributed by atoms with Gasteiger partial charge in [0.1, 0.15) is 5.75 Å². The molecule has 0 spiro atoms. The third-order valence-corrected chi connectivity index (χ3v) is 6.25. The fraction of sp³-hybridized carbons (Fsp3) is 0.261. The van der Waals surface area contributed by atoms with Crippen LogP contribution in [0.5, 0.6) is 10.8 Å². The number of thioether (sulfide) groups is 1. The molecule has 0 bridgehead atoms. The minimum absolute atomic E-state index is 0.119. The maximum absolute atomic E-state index is 12.4. The van der Waals surface area contributed by atoms with Crippen LogP contribution < -0.4 is 9.47 Å². The number of hydrogen-bond donors (Lipinski definition) is 0. The van der Waals surface area contributed by atoms with Crippen LogP contribution in [0.2, 0.25) is 0 Å². The second-order valence-electron chi connectivity index (χ2n) is 6.57. The Bertz CT molecular complexity index is 984. The molecule has 0 aliphatic rings. The molecule has 2 aromatic carbocycles. The number of rotatable bonds is 10. The smallest absolute Gasteiger partial charge is 0.312 e. The van der Waals surface area contributed by atoms with Crippen molar-refractivity contribution in [3.8, 4) is 10.8 Å². The Morgan fingerprint density at radius 2 is 1.80 bits per heavy atom. The van der Waals surface area contributed by atoms with Crippen LogP contribution in [0.25, 0.3) is 0 Å². The number of aryl methyl sites for hydroxylation is 1. The maximum Gasteiger partial charge on any atom is 0.312 e. The first kappa shape index (κ1) is 22.1. The second kappa shape index (κ2) is 10.9. The van der Waals surface area contributed by atoms with Gasteiger partial charge in [-0.05, 0) is 43.2 Å². The summed E-state index contributed by atoms with van der Waals surface area (Å²) in [6.07, 6.45) is 1.04. The average Bonchev–Trinajstić information content (AvgIpc) is 3.12. The van der Waals surface area contributed by atoms with Crippen LogP contribution in [0.15, 0.2) is 59.5 Å². The number of aromatic nitrogens is 1. The van der Waals surface area contributed by atoms with Crippen molar-refractivity contribution in [3.05, 3.63) is 70.9 Å². The molecule has 3 rings (SSSR count). The zero-order valence-corrected chi connectivity index (χ0v) is 18.6. The molecule has 156 valence electrons. The minimum atomic E-state index is -0.315. The van der Waals surface area contributed by atoms with Crippen molar-refractivity contribution in [2.45, 2.75) is 37.3 Å². The Kier molecular flexibility index (Phi) is 8.04. The van der Waals surface area contributed by atoms with E-state index in [-0.39, 0.29) is 23.4 Å². The Morgan fingerprint density at radius 1 is 1.07 bits per heavy atom. The van der Waals surface area contributed by atoms with Gasteiger partial charge in [-0.25, -0.2) is 4.98 Å². The van der Waals surface area contributed by atoms with E-state index in [1.807, 2.05) is 49.4 Å². The molecule has 0 radical (unpaired) electrons. The van der Waals surface area contributed by atoms with Crippen LogP contribution in [0.3, 0.4) is 0 Å². The van der Waals surface area contributed by atoms with Gasteiger partial charge in [-0.1, -0.05) is 48.6 Å². The molecule has 0 aliphatic heterocycles. The summed E-state index contributed by atoms with van der Waals surface area (Å²) in [5, 5.41) is 0.651. The van der Waals surface area contributed by atoms with Crippen molar-refractivity contribution in [2.75, 3.05) is 6.61 Å². The lowest BCUT2D eigenvalue weighted by molar-refractivity contribution is -0.134. The van der Waals surface area contributed by atoms with E-state index in [0.717, 1.165) is 22.0 Å². The maximum atomic E-state index is 12.4. The Balaban J connectivity index is 1.50. The van der Waals surface area contributed by atoms with Crippen molar-refractivity contribution in [1.29, 1.82) is 0 Å². The van der Waals surface area contributed by atoms with E-state index in [1.165, 1.54) is 5.56 Å². The highest BCUT2D eigenvalue weighted by Crippen LogP contribution is 2.28. The summed E-state index contributed by atoms with van der Waals surface area (Å²) in [5.74, 6) is 0.956. The fourth-order valence-electron chi connectivity index (χ4n) is 2.54. The highest BCUT2D eigenvalue weighted by atomic mass is 32.2. The fourth-order valence-corrected chi connectivity index (χ4v) is 4.25. The Hall–Kier alpha value is -2.64.